The molecule has 3 aromatic carbocycles. The summed E-state index contributed by atoms with van der Waals surface area (Å²) in [6, 6.07) is 20.0. The number of esters is 1. The second kappa shape index (κ2) is 10.7. The molecule has 0 aliphatic carbocycles. The van der Waals surface area contributed by atoms with Crippen LogP contribution < -0.4 is 10.1 Å². The number of benzene rings is 3. The Bertz CT molecular complexity index is 1220. The normalized spacial score (nSPS) is 11.1. The van der Waals surface area contributed by atoms with E-state index >= 15 is 0 Å². The Balaban J connectivity index is 1.51. The predicted molar refractivity (Wildman–Crippen MR) is 116 cm³/mol. The third-order valence-electron chi connectivity index (χ3n) is 4.35. The van der Waals surface area contributed by atoms with Gasteiger partial charge in [-0.15, -0.1) is 0 Å². The van der Waals surface area contributed by atoms with E-state index in [0.717, 1.165) is 29.8 Å². The number of sulfone groups is 1. The molecule has 0 aliphatic heterocycles. The number of amides is 1. The number of ether oxygens (including phenoxy) is 2. The maximum atomic E-state index is 12.6. The summed E-state index contributed by atoms with van der Waals surface area (Å²) < 4.78 is 58.6. The SMILES string of the molecule is O=C(COC(=O)c1cccc(OCc2ccccc2)c1)Nc1ccc(S(=O)(=O)C(F)F)cc1. The zero-order valence-electron chi connectivity index (χ0n) is 17.1. The highest BCUT2D eigenvalue weighted by Crippen LogP contribution is 2.20. The Morgan fingerprint density at radius 3 is 2.27 bits per heavy atom. The van der Waals surface area contributed by atoms with Gasteiger partial charge in [0.1, 0.15) is 12.4 Å². The number of anilines is 1. The molecule has 0 fully saturated rings. The summed E-state index contributed by atoms with van der Waals surface area (Å²) in [6.45, 7) is -0.288. The molecule has 0 spiro atoms. The summed E-state index contributed by atoms with van der Waals surface area (Å²) in [6.07, 6.45) is 0. The Kier molecular flexibility index (Phi) is 7.73. The average Bonchev–Trinajstić information content (AvgIpc) is 2.82. The molecular weight excluding hydrogens is 456 g/mol. The molecule has 0 saturated heterocycles. The molecule has 33 heavy (non-hydrogen) atoms. The lowest BCUT2D eigenvalue weighted by molar-refractivity contribution is -0.119. The van der Waals surface area contributed by atoms with Gasteiger partial charge in [-0.05, 0) is 48.0 Å². The third kappa shape index (κ3) is 6.59. The number of hydrogen-bond acceptors (Lipinski definition) is 6. The molecule has 0 bridgehead atoms. The lowest BCUT2D eigenvalue weighted by atomic mass is 10.2. The second-order valence-electron chi connectivity index (χ2n) is 6.76. The van der Waals surface area contributed by atoms with Crippen molar-refractivity contribution in [3.63, 3.8) is 0 Å². The summed E-state index contributed by atoms with van der Waals surface area (Å²) in [5.41, 5.74) is 1.30. The standard InChI is InChI=1S/C23H19F2NO6S/c24-23(25)33(29,30)20-11-9-18(10-12-20)26-21(27)15-32-22(28)17-7-4-8-19(13-17)31-14-16-5-2-1-3-6-16/h1-13,23H,14-15H2,(H,26,27). The van der Waals surface area contributed by atoms with Crippen LogP contribution in [0.15, 0.2) is 83.8 Å². The number of halogens is 2. The Hall–Kier alpha value is -3.79. The van der Waals surface area contributed by atoms with Gasteiger partial charge in [-0.3, -0.25) is 4.79 Å². The Morgan fingerprint density at radius 2 is 1.61 bits per heavy atom. The second-order valence-corrected chi connectivity index (χ2v) is 8.67. The van der Waals surface area contributed by atoms with Crippen molar-refractivity contribution in [3.8, 4) is 5.75 Å². The molecule has 0 unspecified atom stereocenters. The van der Waals surface area contributed by atoms with Gasteiger partial charge in [-0.1, -0.05) is 36.4 Å². The minimum absolute atomic E-state index is 0.153. The number of rotatable bonds is 9. The van der Waals surface area contributed by atoms with Gasteiger partial charge >= 0.3 is 11.7 Å². The van der Waals surface area contributed by atoms with Gasteiger partial charge in [0.05, 0.1) is 10.5 Å². The summed E-state index contributed by atoms with van der Waals surface area (Å²) in [7, 11) is -4.72. The summed E-state index contributed by atoms with van der Waals surface area (Å²) >= 11 is 0. The first-order valence-corrected chi connectivity index (χ1v) is 11.2. The van der Waals surface area contributed by atoms with Gasteiger partial charge < -0.3 is 14.8 Å². The topological polar surface area (TPSA) is 98.8 Å². The lowest BCUT2D eigenvalue weighted by Crippen LogP contribution is -2.21. The van der Waals surface area contributed by atoms with Crippen LogP contribution in [0.5, 0.6) is 5.75 Å². The highest BCUT2D eigenvalue weighted by Gasteiger charge is 2.26. The number of carbonyl (C=O) groups excluding carboxylic acids is 2. The number of alkyl halides is 2. The van der Waals surface area contributed by atoms with Crippen molar-refractivity contribution in [1.29, 1.82) is 0 Å². The van der Waals surface area contributed by atoms with Crippen LogP contribution in [0.2, 0.25) is 0 Å². The van der Waals surface area contributed by atoms with E-state index in [1.165, 1.54) is 12.1 Å². The fraction of sp³-hybridized carbons (Fsp3) is 0.130. The third-order valence-corrected chi connectivity index (χ3v) is 5.75. The van der Waals surface area contributed by atoms with E-state index in [2.05, 4.69) is 5.32 Å². The highest BCUT2D eigenvalue weighted by atomic mass is 32.2. The van der Waals surface area contributed by atoms with Crippen molar-refractivity contribution < 1.29 is 36.3 Å². The van der Waals surface area contributed by atoms with Crippen molar-refractivity contribution in [2.24, 2.45) is 0 Å². The molecule has 1 N–H and O–H groups in total. The average molecular weight is 475 g/mol. The molecule has 0 aliphatic rings. The molecule has 1 amide bonds. The number of carbonyl (C=O) groups is 2. The quantitative estimate of drug-likeness (QED) is 0.469. The first-order valence-electron chi connectivity index (χ1n) is 9.61. The van der Waals surface area contributed by atoms with E-state index in [1.54, 1.807) is 12.1 Å². The molecular formula is C23H19F2NO6S. The smallest absolute Gasteiger partial charge is 0.341 e. The van der Waals surface area contributed by atoms with Crippen LogP contribution in [-0.4, -0.2) is 32.7 Å². The van der Waals surface area contributed by atoms with Gasteiger partial charge in [-0.25, -0.2) is 13.2 Å². The summed E-state index contributed by atoms with van der Waals surface area (Å²) in [4.78, 5) is 23.7. The molecule has 3 rings (SSSR count). The van der Waals surface area contributed by atoms with Crippen molar-refractivity contribution in [1.82, 2.24) is 0 Å². The summed E-state index contributed by atoms with van der Waals surface area (Å²) in [5.74, 6) is -4.52. The number of nitrogens with one attached hydrogen (secondary N) is 1. The zero-order chi connectivity index (χ0) is 23.8. The largest absolute Gasteiger partial charge is 0.489 e. The molecule has 3 aromatic rings. The van der Waals surface area contributed by atoms with Crippen LogP contribution in [0.25, 0.3) is 0 Å². The predicted octanol–water partition coefficient (Wildman–Crippen LogP) is 4.06. The molecule has 7 nitrogen and oxygen atoms in total. The van der Waals surface area contributed by atoms with Gasteiger partial charge in [-0.2, -0.15) is 8.78 Å². The van der Waals surface area contributed by atoms with Crippen molar-refractivity contribution in [2.75, 3.05) is 11.9 Å². The van der Waals surface area contributed by atoms with Crippen LogP contribution >= 0.6 is 0 Å². The van der Waals surface area contributed by atoms with Crippen LogP contribution in [0.1, 0.15) is 15.9 Å². The van der Waals surface area contributed by atoms with Crippen LogP contribution in [0.3, 0.4) is 0 Å². The van der Waals surface area contributed by atoms with Gasteiger partial charge in [0.25, 0.3) is 5.91 Å². The maximum Gasteiger partial charge on any atom is 0.341 e. The summed E-state index contributed by atoms with van der Waals surface area (Å²) in [5, 5.41) is 2.38. The van der Waals surface area contributed by atoms with E-state index in [9.17, 15) is 26.8 Å². The molecule has 0 heterocycles. The molecule has 0 aromatic heterocycles. The van der Waals surface area contributed by atoms with E-state index in [1.807, 2.05) is 30.3 Å². The van der Waals surface area contributed by atoms with E-state index in [0.29, 0.717) is 12.4 Å². The van der Waals surface area contributed by atoms with E-state index in [-0.39, 0.29) is 11.3 Å². The zero-order valence-corrected chi connectivity index (χ0v) is 17.9. The van der Waals surface area contributed by atoms with Crippen molar-refractivity contribution >= 4 is 27.4 Å². The first kappa shape index (κ1) is 23.9. The molecule has 0 atom stereocenters. The molecule has 172 valence electrons. The van der Waals surface area contributed by atoms with Gasteiger partial charge in [0, 0.05) is 5.69 Å². The van der Waals surface area contributed by atoms with E-state index in [4.69, 9.17) is 9.47 Å². The Labute approximate surface area is 188 Å². The molecule has 10 heteroatoms. The monoisotopic (exact) mass is 475 g/mol. The highest BCUT2D eigenvalue weighted by molar-refractivity contribution is 7.91. The molecule has 0 saturated carbocycles. The van der Waals surface area contributed by atoms with Crippen LogP contribution in [-0.2, 0) is 26.0 Å². The Morgan fingerprint density at radius 1 is 0.909 bits per heavy atom. The molecule has 0 radical (unpaired) electrons. The van der Waals surface area contributed by atoms with Crippen LogP contribution in [0, 0.1) is 0 Å². The van der Waals surface area contributed by atoms with Crippen LogP contribution in [0.4, 0.5) is 14.5 Å². The minimum Gasteiger partial charge on any atom is -0.489 e. The van der Waals surface area contributed by atoms with Crippen molar-refractivity contribution in [2.45, 2.75) is 17.3 Å². The minimum atomic E-state index is -4.72. The van der Waals surface area contributed by atoms with Crippen molar-refractivity contribution in [3.05, 3.63) is 90.0 Å². The van der Waals surface area contributed by atoms with E-state index < -0.39 is 39.0 Å². The number of hydrogen-bond donors (Lipinski definition) is 1. The van der Waals surface area contributed by atoms with Gasteiger partial charge in [0.15, 0.2) is 6.61 Å². The first-order chi connectivity index (χ1) is 15.8. The maximum absolute atomic E-state index is 12.6. The fourth-order valence-corrected chi connectivity index (χ4v) is 3.42. The van der Waals surface area contributed by atoms with Gasteiger partial charge in [0.2, 0.25) is 9.84 Å². The lowest BCUT2D eigenvalue weighted by Gasteiger charge is -2.09. The fourth-order valence-electron chi connectivity index (χ4n) is 2.70.